The van der Waals surface area contributed by atoms with Crippen LogP contribution >= 0.6 is 12.2 Å². The van der Waals surface area contributed by atoms with Gasteiger partial charge in [0.2, 0.25) is 0 Å². The Bertz CT molecular complexity index is 1040. The molecule has 4 rings (SSSR count). The van der Waals surface area contributed by atoms with E-state index in [2.05, 4.69) is 14.9 Å². The molecule has 0 bridgehead atoms. The van der Waals surface area contributed by atoms with Crippen LogP contribution in [-0.4, -0.2) is 44.3 Å². The zero-order chi connectivity index (χ0) is 21.1. The molecule has 30 heavy (non-hydrogen) atoms. The largest absolute Gasteiger partial charge is 0.508 e. The van der Waals surface area contributed by atoms with E-state index in [9.17, 15) is 9.90 Å². The van der Waals surface area contributed by atoms with Gasteiger partial charge in [-0.25, -0.2) is 0 Å². The number of methoxy groups -OCH3 is 1. The maximum absolute atomic E-state index is 11.8. The molecule has 1 aliphatic heterocycles. The minimum Gasteiger partial charge on any atom is -0.508 e. The van der Waals surface area contributed by atoms with E-state index in [4.69, 9.17) is 17.0 Å². The quantitative estimate of drug-likeness (QED) is 0.467. The van der Waals surface area contributed by atoms with Gasteiger partial charge in [-0.1, -0.05) is 6.07 Å². The molecule has 1 fully saturated rings. The lowest BCUT2D eigenvalue weighted by molar-refractivity contribution is -0.140. The van der Waals surface area contributed by atoms with Crippen LogP contribution in [0.25, 0.3) is 5.69 Å². The summed E-state index contributed by atoms with van der Waals surface area (Å²) >= 11 is 5.63. The standard InChI is InChI=1S/C22H22N4O3S/c1-29-19(28)11-14-26-21(20(24-22(26)30)17-5-2-3-12-23-17)18-6-4-13-25(18)15-7-9-16(27)10-8-15/h2-10,12-13,20-21,27H,11,14H2,1H3,(H,24,30). The Balaban J connectivity index is 1.75. The Morgan fingerprint density at radius 2 is 2.00 bits per heavy atom. The topological polar surface area (TPSA) is 79.6 Å². The van der Waals surface area contributed by atoms with E-state index >= 15 is 0 Å². The summed E-state index contributed by atoms with van der Waals surface area (Å²) in [7, 11) is 1.38. The lowest BCUT2D eigenvalue weighted by atomic mass is 10.0. The van der Waals surface area contributed by atoms with Crippen LogP contribution in [0.4, 0.5) is 0 Å². The highest BCUT2D eigenvalue weighted by Gasteiger charge is 2.41. The first-order chi connectivity index (χ1) is 14.6. The number of ether oxygens (including phenoxy) is 1. The first-order valence-electron chi connectivity index (χ1n) is 9.60. The van der Waals surface area contributed by atoms with Crippen LogP contribution in [-0.2, 0) is 9.53 Å². The molecule has 0 amide bonds. The molecule has 7 nitrogen and oxygen atoms in total. The van der Waals surface area contributed by atoms with E-state index in [1.54, 1.807) is 18.3 Å². The van der Waals surface area contributed by atoms with Crippen LogP contribution in [0.5, 0.6) is 5.75 Å². The maximum Gasteiger partial charge on any atom is 0.307 e. The van der Waals surface area contributed by atoms with E-state index in [0.717, 1.165) is 17.1 Å². The average Bonchev–Trinajstić information content (AvgIpc) is 3.37. The van der Waals surface area contributed by atoms with E-state index < -0.39 is 0 Å². The summed E-state index contributed by atoms with van der Waals surface area (Å²) in [4.78, 5) is 18.3. The van der Waals surface area contributed by atoms with Crippen LogP contribution < -0.4 is 5.32 Å². The van der Waals surface area contributed by atoms with E-state index in [1.807, 2.05) is 53.6 Å². The van der Waals surface area contributed by atoms with Gasteiger partial charge in [0.05, 0.1) is 31.3 Å². The molecule has 0 spiro atoms. The predicted octanol–water partition coefficient (Wildman–Crippen LogP) is 3.11. The van der Waals surface area contributed by atoms with Crippen molar-refractivity contribution in [3.8, 4) is 11.4 Å². The van der Waals surface area contributed by atoms with Crippen molar-refractivity contribution in [3.63, 3.8) is 0 Å². The summed E-state index contributed by atoms with van der Waals surface area (Å²) in [6.45, 7) is 0.424. The number of aromatic hydroxyl groups is 1. The second-order valence-electron chi connectivity index (χ2n) is 6.97. The zero-order valence-electron chi connectivity index (χ0n) is 16.4. The number of hydrogen-bond donors (Lipinski definition) is 2. The van der Waals surface area contributed by atoms with Crippen molar-refractivity contribution in [1.82, 2.24) is 19.8 Å². The van der Waals surface area contributed by atoms with Crippen LogP contribution in [0.3, 0.4) is 0 Å². The normalized spacial score (nSPS) is 18.3. The van der Waals surface area contributed by atoms with E-state index in [-0.39, 0.29) is 30.2 Å². The van der Waals surface area contributed by atoms with E-state index in [0.29, 0.717) is 11.7 Å². The van der Waals surface area contributed by atoms with Crippen molar-refractivity contribution in [2.24, 2.45) is 0 Å². The Hall–Kier alpha value is -3.39. The summed E-state index contributed by atoms with van der Waals surface area (Å²) in [5.74, 6) is -0.0750. The smallest absolute Gasteiger partial charge is 0.307 e. The van der Waals surface area contributed by atoms with Gasteiger partial charge in [0, 0.05) is 30.3 Å². The van der Waals surface area contributed by atoms with Crippen molar-refractivity contribution < 1.29 is 14.6 Å². The Labute approximate surface area is 179 Å². The summed E-state index contributed by atoms with van der Waals surface area (Å²) in [5, 5.41) is 13.6. The van der Waals surface area contributed by atoms with Gasteiger partial charge in [0.1, 0.15) is 5.75 Å². The fourth-order valence-electron chi connectivity index (χ4n) is 3.77. The number of carbonyl (C=O) groups excluding carboxylic acids is 1. The highest BCUT2D eigenvalue weighted by molar-refractivity contribution is 7.80. The number of hydrogen-bond acceptors (Lipinski definition) is 5. The van der Waals surface area contributed by atoms with Gasteiger partial charge in [0.25, 0.3) is 0 Å². The number of rotatable bonds is 6. The van der Waals surface area contributed by atoms with Crippen molar-refractivity contribution in [3.05, 3.63) is 78.4 Å². The highest BCUT2D eigenvalue weighted by Crippen LogP contribution is 2.39. The molecule has 0 radical (unpaired) electrons. The molecule has 1 saturated heterocycles. The number of nitrogens with zero attached hydrogens (tertiary/aromatic N) is 3. The van der Waals surface area contributed by atoms with Crippen molar-refractivity contribution in [2.45, 2.75) is 18.5 Å². The van der Waals surface area contributed by atoms with E-state index in [1.165, 1.54) is 7.11 Å². The van der Waals surface area contributed by atoms with Crippen LogP contribution in [0.1, 0.15) is 29.9 Å². The molecule has 2 atom stereocenters. The lowest BCUT2D eigenvalue weighted by Gasteiger charge is -2.28. The molecule has 0 aliphatic carbocycles. The number of phenols is 1. The maximum atomic E-state index is 11.8. The SMILES string of the molecule is COC(=O)CCN1C(=S)NC(c2ccccn2)C1c1cccn1-c1ccc(O)cc1. The first-order valence-corrected chi connectivity index (χ1v) is 10.0. The first kappa shape index (κ1) is 19.9. The van der Waals surface area contributed by atoms with Gasteiger partial charge in [-0.05, 0) is 60.7 Å². The van der Waals surface area contributed by atoms with Gasteiger partial charge in [-0.3, -0.25) is 9.78 Å². The summed E-state index contributed by atoms with van der Waals surface area (Å²) in [6.07, 6.45) is 3.95. The average molecular weight is 423 g/mol. The number of esters is 1. The molecule has 2 unspecified atom stereocenters. The number of carbonyl (C=O) groups is 1. The van der Waals surface area contributed by atoms with Gasteiger partial charge < -0.3 is 24.6 Å². The van der Waals surface area contributed by atoms with Crippen molar-refractivity contribution in [2.75, 3.05) is 13.7 Å². The van der Waals surface area contributed by atoms with Crippen molar-refractivity contribution in [1.29, 1.82) is 0 Å². The molecular formula is C22H22N4O3S. The number of phenolic OH excluding ortho intramolecular Hbond substituents is 1. The third-order valence-electron chi connectivity index (χ3n) is 5.19. The minimum absolute atomic E-state index is 0.179. The predicted molar refractivity (Wildman–Crippen MR) is 116 cm³/mol. The number of pyridine rings is 1. The molecule has 1 aromatic carbocycles. The summed E-state index contributed by atoms with van der Waals surface area (Å²) < 4.78 is 6.87. The molecule has 8 heteroatoms. The monoisotopic (exact) mass is 422 g/mol. The van der Waals surface area contributed by atoms with Crippen molar-refractivity contribution >= 4 is 23.3 Å². The second-order valence-corrected chi connectivity index (χ2v) is 7.35. The van der Waals surface area contributed by atoms with Gasteiger partial charge in [-0.2, -0.15) is 0 Å². The molecule has 0 saturated carbocycles. The molecule has 3 heterocycles. The molecule has 2 N–H and O–H groups in total. The Kier molecular flexibility index (Phi) is 5.67. The minimum atomic E-state index is -0.285. The van der Waals surface area contributed by atoms with Gasteiger partial charge in [0.15, 0.2) is 5.11 Å². The number of thiocarbonyl (C=S) groups is 1. The Morgan fingerprint density at radius 3 is 2.70 bits per heavy atom. The van der Waals surface area contributed by atoms with Crippen LogP contribution in [0.2, 0.25) is 0 Å². The third-order valence-corrected chi connectivity index (χ3v) is 5.55. The summed E-state index contributed by atoms with van der Waals surface area (Å²) in [5.41, 5.74) is 2.77. The van der Waals surface area contributed by atoms with Crippen LogP contribution in [0.15, 0.2) is 67.0 Å². The number of nitrogens with one attached hydrogen (secondary N) is 1. The lowest BCUT2D eigenvalue weighted by Crippen LogP contribution is -2.32. The molecule has 1 aliphatic rings. The highest BCUT2D eigenvalue weighted by atomic mass is 32.1. The van der Waals surface area contributed by atoms with Gasteiger partial charge >= 0.3 is 5.97 Å². The zero-order valence-corrected chi connectivity index (χ0v) is 17.2. The molecule has 3 aromatic rings. The fourth-order valence-corrected chi connectivity index (χ4v) is 4.10. The molecular weight excluding hydrogens is 400 g/mol. The van der Waals surface area contributed by atoms with Gasteiger partial charge in [-0.15, -0.1) is 0 Å². The number of benzene rings is 1. The molecule has 154 valence electrons. The number of aromatic nitrogens is 2. The Morgan fingerprint density at radius 1 is 1.20 bits per heavy atom. The third kappa shape index (κ3) is 3.86. The fraction of sp³-hybridized carbons (Fsp3) is 0.227. The summed E-state index contributed by atoms with van der Waals surface area (Å²) in [6, 6.07) is 16.5. The molecule has 2 aromatic heterocycles. The second kappa shape index (κ2) is 8.54. The van der Waals surface area contributed by atoms with Crippen LogP contribution in [0, 0.1) is 0 Å².